The van der Waals surface area contributed by atoms with Crippen molar-refractivity contribution in [1.82, 2.24) is 10.2 Å². The van der Waals surface area contributed by atoms with E-state index in [-0.39, 0.29) is 34.5 Å². The Morgan fingerprint density at radius 1 is 0.795 bits per heavy atom. The molecule has 2 amide bonds. The van der Waals surface area contributed by atoms with Gasteiger partial charge in [0.1, 0.15) is 12.6 Å². The van der Waals surface area contributed by atoms with Gasteiger partial charge in [-0.25, -0.2) is 8.42 Å². The van der Waals surface area contributed by atoms with E-state index in [9.17, 15) is 18.0 Å². The number of halogens is 2. The topological polar surface area (TPSA) is 86.8 Å². The number of carbonyl (C=O) groups excluding carboxylic acids is 2. The number of hydrogen-bond donors (Lipinski definition) is 1. The molecule has 44 heavy (non-hydrogen) atoms. The molecule has 0 aromatic heterocycles. The number of hydrogen-bond acceptors (Lipinski definition) is 4. The van der Waals surface area contributed by atoms with Crippen LogP contribution in [0.4, 0.5) is 5.69 Å². The summed E-state index contributed by atoms with van der Waals surface area (Å²) in [6.45, 7) is 4.99. The quantitative estimate of drug-likeness (QED) is 0.194. The van der Waals surface area contributed by atoms with Gasteiger partial charge in [-0.3, -0.25) is 13.9 Å². The molecule has 0 aliphatic heterocycles. The maximum atomic E-state index is 14.5. The molecule has 0 aliphatic rings. The minimum Gasteiger partial charge on any atom is -0.350 e. The maximum absolute atomic E-state index is 14.5. The van der Waals surface area contributed by atoms with Gasteiger partial charge in [0.15, 0.2) is 0 Å². The molecule has 0 radical (unpaired) electrons. The number of amides is 2. The van der Waals surface area contributed by atoms with Gasteiger partial charge in [-0.2, -0.15) is 0 Å². The standard InChI is InChI=1S/C34H35Cl2N3O4S/c1-34(2,3)37-33(41)31(22-25-13-6-4-7-14-25)38(23-26-15-12-16-27(35)21-26)32(40)24-39(30-20-11-10-19-29(30)36)44(42,43)28-17-8-5-9-18-28/h4-21,31H,22-24H2,1-3H3,(H,37,41). The van der Waals surface area contributed by atoms with Crippen molar-refractivity contribution in [2.75, 3.05) is 10.8 Å². The summed E-state index contributed by atoms with van der Waals surface area (Å²) in [6.07, 6.45) is 0.201. The summed E-state index contributed by atoms with van der Waals surface area (Å²) in [4.78, 5) is 29.8. The first-order chi connectivity index (χ1) is 20.8. The third kappa shape index (κ3) is 8.62. The highest BCUT2D eigenvalue weighted by molar-refractivity contribution is 7.92. The van der Waals surface area contributed by atoms with Crippen molar-refractivity contribution < 1.29 is 18.0 Å². The van der Waals surface area contributed by atoms with E-state index in [1.54, 1.807) is 66.7 Å². The van der Waals surface area contributed by atoms with Gasteiger partial charge >= 0.3 is 0 Å². The van der Waals surface area contributed by atoms with Gasteiger partial charge in [-0.15, -0.1) is 0 Å². The molecule has 0 aliphatic carbocycles. The van der Waals surface area contributed by atoms with Crippen LogP contribution in [0.15, 0.2) is 114 Å². The van der Waals surface area contributed by atoms with Crippen molar-refractivity contribution in [2.24, 2.45) is 0 Å². The summed E-state index contributed by atoms with van der Waals surface area (Å²) >= 11 is 12.8. The fourth-order valence-electron chi connectivity index (χ4n) is 4.73. The normalized spacial score (nSPS) is 12.3. The fourth-order valence-corrected chi connectivity index (χ4v) is 6.68. The number of nitrogens with zero attached hydrogens (tertiary/aromatic N) is 2. The van der Waals surface area contributed by atoms with Crippen LogP contribution in [0.5, 0.6) is 0 Å². The Labute approximate surface area is 269 Å². The van der Waals surface area contributed by atoms with Gasteiger partial charge in [-0.1, -0.05) is 96.0 Å². The van der Waals surface area contributed by atoms with Crippen LogP contribution in [0, 0.1) is 0 Å². The van der Waals surface area contributed by atoms with Crippen molar-refractivity contribution in [3.8, 4) is 0 Å². The SMILES string of the molecule is CC(C)(C)NC(=O)C(Cc1ccccc1)N(Cc1cccc(Cl)c1)C(=O)CN(c1ccccc1Cl)S(=O)(=O)c1ccccc1. The van der Waals surface area contributed by atoms with Crippen molar-refractivity contribution in [2.45, 2.75) is 50.2 Å². The second kappa shape index (κ2) is 14.3. The lowest BCUT2D eigenvalue weighted by atomic mass is 10.0. The minimum absolute atomic E-state index is 0.000391. The molecule has 4 rings (SSSR count). The lowest BCUT2D eigenvalue weighted by molar-refractivity contribution is -0.140. The van der Waals surface area contributed by atoms with Crippen molar-refractivity contribution in [1.29, 1.82) is 0 Å². The van der Waals surface area contributed by atoms with Crippen LogP contribution in [0.1, 0.15) is 31.9 Å². The van der Waals surface area contributed by atoms with Crippen LogP contribution in [0.3, 0.4) is 0 Å². The van der Waals surface area contributed by atoms with E-state index >= 15 is 0 Å². The highest BCUT2D eigenvalue weighted by atomic mass is 35.5. The summed E-state index contributed by atoms with van der Waals surface area (Å²) < 4.78 is 29.1. The van der Waals surface area contributed by atoms with Gasteiger partial charge in [0.2, 0.25) is 11.8 Å². The highest BCUT2D eigenvalue weighted by Gasteiger charge is 2.36. The Balaban J connectivity index is 1.82. The molecular formula is C34H35Cl2N3O4S. The average molecular weight is 653 g/mol. The number of rotatable bonds is 11. The first kappa shape index (κ1) is 33.1. The second-order valence-electron chi connectivity index (χ2n) is 11.4. The molecular weight excluding hydrogens is 617 g/mol. The Morgan fingerprint density at radius 3 is 2.00 bits per heavy atom. The van der Waals surface area contributed by atoms with Crippen LogP contribution in [-0.4, -0.2) is 43.3 Å². The zero-order chi connectivity index (χ0) is 31.9. The van der Waals surface area contributed by atoms with E-state index in [0.29, 0.717) is 10.6 Å². The summed E-state index contributed by atoms with van der Waals surface area (Å²) in [7, 11) is -4.24. The molecule has 4 aromatic rings. The first-order valence-electron chi connectivity index (χ1n) is 14.1. The average Bonchev–Trinajstić information content (AvgIpc) is 2.98. The zero-order valence-corrected chi connectivity index (χ0v) is 27.1. The van der Waals surface area contributed by atoms with Gasteiger partial charge < -0.3 is 10.2 Å². The minimum atomic E-state index is -4.24. The molecule has 0 saturated carbocycles. The largest absolute Gasteiger partial charge is 0.350 e. The van der Waals surface area contributed by atoms with Crippen molar-refractivity contribution >= 4 is 50.7 Å². The van der Waals surface area contributed by atoms with Gasteiger partial charge in [0.25, 0.3) is 10.0 Å². The van der Waals surface area contributed by atoms with E-state index in [1.807, 2.05) is 51.1 Å². The number of carbonyl (C=O) groups is 2. The van der Waals surface area contributed by atoms with Crippen LogP contribution >= 0.6 is 23.2 Å². The van der Waals surface area contributed by atoms with Gasteiger partial charge in [-0.05, 0) is 68.3 Å². The molecule has 0 fully saturated rings. The maximum Gasteiger partial charge on any atom is 0.264 e. The molecule has 0 spiro atoms. The third-order valence-corrected chi connectivity index (χ3v) is 9.07. The van der Waals surface area contributed by atoms with Gasteiger partial charge in [0.05, 0.1) is 15.6 Å². The monoisotopic (exact) mass is 651 g/mol. The van der Waals surface area contributed by atoms with E-state index in [0.717, 1.165) is 9.87 Å². The number of anilines is 1. The van der Waals surface area contributed by atoms with Crippen molar-refractivity contribution in [3.63, 3.8) is 0 Å². The van der Waals surface area contributed by atoms with Crippen LogP contribution in [0.2, 0.25) is 10.0 Å². The lowest BCUT2D eigenvalue weighted by Crippen LogP contribution is -2.56. The van der Waals surface area contributed by atoms with E-state index in [4.69, 9.17) is 23.2 Å². The van der Waals surface area contributed by atoms with E-state index < -0.39 is 34.1 Å². The molecule has 1 N–H and O–H groups in total. The smallest absolute Gasteiger partial charge is 0.264 e. The lowest BCUT2D eigenvalue weighted by Gasteiger charge is -2.35. The Kier molecular flexibility index (Phi) is 10.7. The molecule has 10 heteroatoms. The fraction of sp³-hybridized carbons (Fsp3) is 0.235. The van der Waals surface area contributed by atoms with Crippen LogP contribution in [0.25, 0.3) is 0 Å². The molecule has 7 nitrogen and oxygen atoms in total. The highest BCUT2D eigenvalue weighted by Crippen LogP contribution is 2.31. The molecule has 1 atom stereocenters. The zero-order valence-electron chi connectivity index (χ0n) is 24.8. The Morgan fingerprint density at radius 2 is 1.39 bits per heavy atom. The molecule has 4 aromatic carbocycles. The molecule has 230 valence electrons. The predicted octanol–water partition coefficient (Wildman–Crippen LogP) is 6.74. The third-order valence-electron chi connectivity index (χ3n) is 6.74. The summed E-state index contributed by atoms with van der Waals surface area (Å²) in [5.41, 5.74) is 1.08. The van der Waals surface area contributed by atoms with Crippen LogP contribution < -0.4 is 9.62 Å². The van der Waals surface area contributed by atoms with Crippen molar-refractivity contribution in [3.05, 3.63) is 130 Å². The summed E-state index contributed by atoms with van der Waals surface area (Å²) in [6, 6.07) is 29.7. The summed E-state index contributed by atoms with van der Waals surface area (Å²) in [5.74, 6) is -0.957. The number of sulfonamides is 1. The van der Waals surface area contributed by atoms with E-state index in [1.165, 1.54) is 17.0 Å². The van der Waals surface area contributed by atoms with Gasteiger partial charge in [0, 0.05) is 23.5 Å². The molecule has 0 heterocycles. The Hall–Kier alpha value is -3.85. The predicted molar refractivity (Wildman–Crippen MR) is 176 cm³/mol. The Bertz CT molecular complexity index is 1690. The van der Waals surface area contributed by atoms with Crippen LogP contribution in [-0.2, 0) is 32.6 Å². The molecule has 0 bridgehead atoms. The molecule has 1 unspecified atom stereocenters. The number of benzene rings is 4. The first-order valence-corrected chi connectivity index (χ1v) is 16.3. The second-order valence-corrected chi connectivity index (χ2v) is 14.1. The molecule has 0 saturated heterocycles. The number of para-hydroxylation sites is 1. The number of nitrogens with one attached hydrogen (secondary N) is 1. The summed E-state index contributed by atoms with van der Waals surface area (Å²) in [5, 5.41) is 3.64. The van der Waals surface area contributed by atoms with E-state index in [2.05, 4.69) is 5.32 Å².